The third-order valence-electron chi connectivity index (χ3n) is 7.84. The highest BCUT2D eigenvalue weighted by atomic mass is 35.5. The van der Waals surface area contributed by atoms with Crippen LogP contribution in [0.2, 0.25) is 0 Å². The van der Waals surface area contributed by atoms with Gasteiger partial charge in [-0.25, -0.2) is 0 Å². The first-order valence-corrected chi connectivity index (χ1v) is 16.1. The molecule has 0 saturated heterocycles. The molecule has 2 aromatic carbocycles. The first kappa shape index (κ1) is 40.1. The molecule has 0 bridgehead atoms. The minimum absolute atomic E-state index is 0.0379. The normalized spacial score (nSPS) is 19.3. The van der Waals surface area contributed by atoms with Crippen LogP contribution in [0.1, 0.15) is 48.4 Å². The predicted octanol–water partition coefficient (Wildman–Crippen LogP) is 7.35. The summed E-state index contributed by atoms with van der Waals surface area (Å²) in [4.78, 5) is 5.27. The first-order chi connectivity index (χ1) is 23.1. The molecule has 0 saturated carbocycles. The maximum absolute atomic E-state index is 13.4. The third-order valence-corrected chi connectivity index (χ3v) is 8.79. The summed E-state index contributed by atoms with van der Waals surface area (Å²) in [5.41, 5.74) is 2.78. The van der Waals surface area contributed by atoms with Gasteiger partial charge in [-0.1, -0.05) is 65.8 Å². The molecule has 5 N–H and O–H groups in total. The second kappa shape index (κ2) is 18.1. The highest BCUT2D eigenvalue weighted by molar-refractivity contribution is 6.32. The van der Waals surface area contributed by atoms with E-state index >= 15 is 0 Å². The number of hydrogen-bond acceptors (Lipinski definition) is 7. The third kappa shape index (κ3) is 12.2. The van der Waals surface area contributed by atoms with E-state index in [1.165, 1.54) is 0 Å². The van der Waals surface area contributed by atoms with Crippen molar-refractivity contribution in [1.29, 1.82) is 0 Å². The number of alkyl halides is 8. The van der Waals surface area contributed by atoms with Crippen LogP contribution in [0.5, 0.6) is 0 Å². The fourth-order valence-electron chi connectivity index (χ4n) is 5.12. The number of amidine groups is 1. The monoisotopic (exact) mass is 738 g/mol. The van der Waals surface area contributed by atoms with Crippen LogP contribution in [-0.2, 0) is 34.1 Å². The van der Waals surface area contributed by atoms with Crippen LogP contribution in [0.4, 0.5) is 26.3 Å². The number of aliphatic hydroxyl groups is 1. The van der Waals surface area contributed by atoms with Gasteiger partial charge in [0.1, 0.15) is 0 Å². The predicted molar refractivity (Wildman–Crippen MR) is 176 cm³/mol. The molecule has 2 aromatic rings. The summed E-state index contributed by atoms with van der Waals surface area (Å²) in [6, 6.07) is 10.5. The van der Waals surface area contributed by atoms with Gasteiger partial charge in [-0.2, -0.15) is 26.3 Å². The van der Waals surface area contributed by atoms with Gasteiger partial charge in [-0.15, -0.1) is 23.2 Å². The number of rotatable bonds is 17. The van der Waals surface area contributed by atoms with E-state index in [0.717, 1.165) is 5.56 Å². The summed E-state index contributed by atoms with van der Waals surface area (Å²) >= 11 is 12.7. The molecule has 16 heteroatoms. The fraction of sp³-hybridized carbons (Fsp3) is 0.455. The standard InChI is InChI=1S/C33H38Cl2F6N4O4/c1-2-31(46,23-6-4-3-5-7-23)11-13-43-12-10-26(22-8-9-27(34)28(35)16-22)29(45-49-20-30(42)44-47)19-48-18-21-14-24(32(36,37)38)17-25(15-21)33(39,40)41/h3-9,14-17,26-28,43,46-47H,2,10-13,18-20H2,1H3,(H2,42,44)/b45-29+. The van der Waals surface area contributed by atoms with Gasteiger partial charge in [-0.05, 0) is 67.3 Å². The van der Waals surface area contributed by atoms with Gasteiger partial charge in [0.2, 0.25) is 0 Å². The molecule has 0 amide bonds. The zero-order chi connectivity index (χ0) is 36.2. The summed E-state index contributed by atoms with van der Waals surface area (Å²) in [5, 5.41) is 29.2. The summed E-state index contributed by atoms with van der Waals surface area (Å²) in [5.74, 6) is -0.900. The topological polar surface area (TPSA) is 122 Å². The molecule has 270 valence electrons. The average Bonchev–Trinajstić information content (AvgIpc) is 3.06. The van der Waals surface area contributed by atoms with E-state index in [-0.39, 0.29) is 29.8 Å². The second-order valence-electron chi connectivity index (χ2n) is 11.4. The van der Waals surface area contributed by atoms with E-state index in [0.29, 0.717) is 50.1 Å². The Bertz CT molecular complexity index is 1460. The van der Waals surface area contributed by atoms with Crippen molar-refractivity contribution in [2.24, 2.45) is 22.0 Å². The molecule has 0 aliphatic heterocycles. The molecule has 0 aromatic heterocycles. The lowest BCUT2D eigenvalue weighted by Crippen LogP contribution is -2.32. The Balaban J connectivity index is 1.83. The molecule has 4 atom stereocenters. The quantitative estimate of drug-likeness (QED) is 0.0256. The molecule has 0 fully saturated rings. The molecule has 49 heavy (non-hydrogen) atoms. The average molecular weight is 740 g/mol. The highest BCUT2D eigenvalue weighted by Crippen LogP contribution is 2.37. The Morgan fingerprint density at radius 2 is 1.61 bits per heavy atom. The van der Waals surface area contributed by atoms with E-state index in [1.54, 1.807) is 18.2 Å². The fourth-order valence-corrected chi connectivity index (χ4v) is 5.49. The number of benzene rings is 2. The molecular weight excluding hydrogens is 701 g/mol. The lowest BCUT2D eigenvalue weighted by atomic mass is 9.87. The molecule has 3 rings (SSSR count). The van der Waals surface area contributed by atoms with Crippen LogP contribution >= 0.6 is 23.2 Å². The van der Waals surface area contributed by atoms with Gasteiger partial charge >= 0.3 is 12.4 Å². The van der Waals surface area contributed by atoms with Gasteiger partial charge in [0.25, 0.3) is 0 Å². The zero-order valence-corrected chi connectivity index (χ0v) is 28.0. The number of nitrogens with one attached hydrogen (secondary N) is 1. The maximum atomic E-state index is 13.4. The molecule has 0 radical (unpaired) electrons. The van der Waals surface area contributed by atoms with E-state index in [2.05, 4.69) is 15.6 Å². The summed E-state index contributed by atoms with van der Waals surface area (Å²) in [7, 11) is 0. The van der Waals surface area contributed by atoms with Crippen molar-refractivity contribution >= 4 is 34.7 Å². The van der Waals surface area contributed by atoms with Crippen LogP contribution in [0, 0.1) is 5.92 Å². The van der Waals surface area contributed by atoms with Crippen LogP contribution in [-0.4, -0.2) is 58.9 Å². The van der Waals surface area contributed by atoms with Crippen LogP contribution in [0.3, 0.4) is 0 Å². The number of halogens is 8. The van der Waals surface area contributed by atoms with Crippen molar-refractivity contribution in [3.8, 4) is 0 Å². The Morgan fingerprint density at radius 3 is 2.18 bits per heavy atom. The van der Waals surface area contributed by atoms with Gasteiger partial charge < -0.3 is 30.9 Å². The lowest BCUT2D eigenvalue weighted by molar-refractivity contribution is -0.143. The Kier molecular flexibility index (Phi) is 14.8. The summed E-state index contributed by atoms with van der Waals surface area (Å²) in [6.45, 7) is 1.26. The van der Waals surface area contributed by atoms with Crippen molar-refractivity contribution in [1.82, 2.24) is 5.32 Å². The van der Waals surface area contributed by atoms with Crippen LogP contribution in [0.15, 0.2) is 82.6 Å². The minimum Gasteiger partial charge on any atom is -0.409 e. The molecule has 1 aliphatic rings. The number of ether oxygens (including phenoxy) is 1. The number of nitrogens with two attached hydrogens (primary N) is 1. The largest absolute Gasteiger partial charge is 0.416 e. The van der Waals surface area contributed by atoms with Crippen molar-refractivity contribution in [2.75, 3.05) is 26.3 Å². The van der Waals surface area contributed by atoms with Crippen molar-refractivity contribution in [3.05, 3.63) is 94.6 Å². The Hall–Kier alpha value is -3.30. The molecule has 0 spiro atoms. The smallest absolute Gasteiger partial charge is 0.409 e. The van der Waals surface area contributed by atoms with Gasteiger partial charge in [0.05, 0.1) is 46.4 Å². The summed E-state index contributed by atoms with van der Waals surface area (Å²) in [6.07, 6.45) is -3.69. The number of hydrogen-bond donors (Lipinski definition) is 4. The molecular formula is C33H38Cl2F6N4O4. The highest BCUT2D eigenvalue weighted by Gasteiger charge is 2.37. The molecule has 4 unspecified atom stereocenters. The Morgan fingerprint density at radius 1 is 0.959 bits per heavy atom. The SMILES string of the molecule is CCC(O)(CCNCCC(C1=CC(Cl)C(Cl)C=C1)/C(COCc1cc(C(F)(F)F)cc(C(F)(F)F)c1)=N/OC/C(N)=N/O)c1ccccc1. The van der Waals surface area contributed by atoms with E-state index in [9.17, 15) is 31.4 Å². The van der Waals surface area contributed by atoms with Crippen LogP contribution in [0.25, 0.3) is 0 Å². The Labute approximate surface area is 290 Å². The zero-order valence-electron chi connectivity index (χ0n) is 26.4. The lowest BCUT2D eigenvalue weighted by Gasteiger charge is -2.28. The van der Waals surface area contributed by atoms with Crippen molar-refractivity contribution in [2.45, 2.75) is 61.5 Å². The van der Waals surface area contributed by atoms with E-state index < -0.39 is 59.0 Å². The van der Waals surface area contributed by atoms with Gasteiger partial charge in [-0.3, -0.25) is 0 Å². The summed E-state index contributed by atoms with van der Waals surface area (Å²) < 4.78 is 86.0. The minimum atomic E-state index is -5.02. The van der Waals surface area contributed by atoms with Crippen molar-refractivity contribution in [3.63, 3.8) is 0 Å². The van der Waals surface area contributed by atoms with Gasteiger partial charge in [0, 0.05) is 5.92 Å². The maximum Gasteiger partial charge on any atom is 0.416 e. The van der Waals surface area contributed by atoms with E-state index in [4.69, 9.17) is 43.7 Å². The van der Waals surface area contributed by atoms with Gasteiger partial charge in [0.15, 0.2) is 12.4 Å². The van der Waals surface area contributed by atoms with Crippen molar-refractivity contribution < 1.29 is 46.2 Å². The van der Waals surface area contributed by atoms with E-state index in [1.807, 2.05) is 37.3 Å². The molecule has 0 heterocycles. The number of allylic oxidation sites excluding steroid dienone is 4. The van der Waals surface area contributed by atoms with Crippen LogP contribution < -0.4 is 11.1 Å². The molecule has 8 nitrogen and oxygen atoms in total. The number of oxime groups is 2. The second-order valence-corrected chi connectivity index (χ2v) is 12.4. The molecule has 1 aliphatic carbocycles. The number of nitrogens with zero attached hydrogens (tertiary/aromatic N) is 2. The first-order valence-electron chi connectivity index (χ1n) is 15.2.